The third kappa shape index (κ3) is 2.84. The Bertz CT molecular complexity index is 461. The number of β-amino-alcohol motifs (C(OH)–C–C–N with tert-alkyl or cyclic N) is 1. The number of aromatic nitrogens is 2. The zero-order valence-electron chi connectivity index (χ0n) is 10.4. The number of aliphatic hydroxyl groups excluding tert-OH is 1. The van der Waals surface area contributed by atoms with E-state index < -0.39 is 24.1 Å². The van der Waals surface area contributed by atoms with Gasteiger partial charge in [0.1, 0.15) is 6.04 Å². The Labute approximate surface area is 109 Å². The summed E-state index contributed by atoms with van der Waals surface area (Å²) in [5.41, 5.74) is 0.792. The van der Waals surface area contributed by atoms with Crippen molar-refractivity contribution in [1.29, 1.82) is 0 Å². The lowest BCUT2D eigenvalue weighted by Crippen LogP contribution is -2.46. The predicted octanol–water partition coefficient (Wildman–Crippen LogP) is -0.300. The smallest absolute Gasteiger partial charge is 0.326 e. The Hall–Kier alpha value is -2.09. The molecule has 19 heavy (non-hydrogen) atoms. The van der Waals surface area contributed by atoms with Crippen LogP contribution < -0.4 is 5.32 Å². The van der Waals surface area contributed by atoms with Gasteiger partial charge in [-0.05, 0) is 6.92 Å². The standard InChI is InChI=1S/C11H16N4O4/c1-6(7-3-12-13-4-7)14-11(19)15-5-8(16)2-9(15)10(17)18/h3-4,6,8-9,16H,2,5H2,1H3,(H,12,13)(H,14,19)(H,17,18)/t6?,8-,9+/m1/s1. The number of urea groups is 1. The van der Waals surface area contributed by atoms with Gasteiger partial charge in [0.15, 0.2) is 0 Å². The lowest BCUT2D eigenvalue weighted by Gasteiger charge is -2.23. The first kappa shape index (κ1) is 13.3. The SMILES string of the molecule is CC(NC(=O)N1C[C@H](O)C[C@H]1C(=O)O)c1cn[nH]c1. The van der Waals surface area contributed by atoms with Crippen molar-refractivity contribution in [3.05, 3.63) is 18.0 Å². The second kappa shape index (κ2) is 5.27. The van der Waals surface area contributed by atoms with Crippen LogP contribution in [0.25, 0.3) is 0 Å². The Morgan fingerprint density at radius 1 is 1.63 bits per heavy atom. The molecule has 2 amide bonds. The topological polar surface area (TPSA) is 119 Å². The average molecular weight is 268 g/mol. The van der Waals surface area contributed by atoms with E-state index in [1.165, 1.54) is 0 Å². The average Bonchev–Trinajstić information content (AvgIpc) is 2.96. The summed E-state index contributed by atoms with van der Waals surface area (Å²) in [6.45, 7) is 1.80. The summed E-state index contributed by atoms with van der Waals surface area (Å²) in [7, 11) is 0. The third-order valence-electron chi connectivity index (χ3n) is 3.18. The molecular formula is C11H16N4O4. The van der Waals surface area contributed by atoms with Crippen LogP contribution in [0, 0.1) is 0 Å². The molecule has 2 heterocycles. The minimum Gasteiger partial charge on any atom is -0.480 e. The van der Waals surface area contributed by atoms with E-state index in [9.17, 15) is 14.7 Å². The molecular weight excluding hydrogens is 252 g/mol. The molecule has 8 nitrogen and oxygen atoms in total. The minimum absolute atomic E-state index is 0.0287. The molecule has 0 radical (unpaired) electrons. The highest BCUT2D eigenvalue weighted by molar-refractivity contribution is 5.83. The maximum Gasteiger partial charge on any atom is 0.326 e. The lowest BCUT2D eigenvalue weighted by molar-refractivity contribution is -0.141. The quantitative estimate of drug-likeness (QED) is 0.600. The molecule has 0 saturated carbocycles. The Morgan fingerprint density at radius 3 is 2.95 bits per heavy atom. The van der Waals surface area contributed by atoms with Crippen LogP contribution in [0.4, 0.5) is 4.79 Å². The van der Waals surface area contributed by atoms with Gasteiger partial charge in [-0.25, -0.2) is 9.59 Å². The fourth-order valence-corrected chi connectivity index (χ4v) is 2.12. The fraction of sp³-hybridized carbons (Fsp3) is 0.545. The number of nitrogens with zero attached hydrogens (tertiary/aromatic N) is 2. The fourth-order valence-electron chi connectivity index (χ4n) is 2.12. The zero-order valence-corrected chi connectivity index (χ0v) is 10.4. The summed E-state index contributed by atoms with van der Waals surface area (Å²) in [5.74, 6) is -1.11. The summed E-state index contributed by atoms with van der Waals surface area (Å²) in [6, 6.07) is -1.78. The highest BCUT2D eigenvalue weighted by atomic mass is 16.4. The van der Waals surface area contributed by atoms with E-state index in [2.05, 4.69) is 15.5 Å². The molecule has 0 bridgehead atoms. The molecule has 3 atom stereocenters. The second-order valence-corrected chi connectivity index (χ2v) is 4.60. The van der Waals surface area contributed by atoms with Crippen molar-refractivity contribution >= 4 is 12.0 Å². The van der Waals surface area contributed by atoms with Crippen LogP contribution in [-0.2, 0) is 4.79 Å². The van der Waals surface area contributed by atoms with Crippen LogP contribution in [-0.4, -0.2) is 56.0 Å². The van der Waals surface area contributed by atoms with E-state index in [4.69, 9.17) is 5.11 Å². The van der Waals surface area contributed by atoms with E-state index in [1.54, 1.807) is 19.3 Å². The van der Waals surface area contributed by atoms with Crippen molar-refractivity contribution < 1.29 is 19.8 Å². The molecule has 1 aromatic rings. The highest BCUT2D eigenvalue weighted by Crippen LogP contribution is 2.19. The van der Waals surface area contributed by atoms with Crippen LogP contribution >= 0.6 is 0 Å². The van der Waals surface area contributed by atoms with Crippen molar-refractivity contribution in [3.8, 4) is 0 Å². The molecule has 1 fully saturated rings. The van der Waals surface area contributed by atoms with E-state index in [1.807, 2.05) is 0 Å². The number of carbonyl (C=O) groups is 2. The van der Waals surface area contributed by atoms with Gasteiger partial charge in [0, 0.05) is 24.7 Å². The van der Waals surface area contributed by atoms with Gasteiger partial charge in [0.05, 0.1) is 18.3 Å². The summed E-state index contributed by atoms with van der Waals surface area (Å²) < 4.78 is 0. The second-order valence-electron chi connectivity index (χ2n) is 4.60. The number of carbonyl (C=O) groups excluding carboxylic acids is 1. The molecule has 1 aromatic heterocycles. The number of hydrogen-bond acceptors (Lipinski definition) is 4. The Balaban J connectivity index is 2.01. The van der Waals surface area contributed by atoms with E-state index in [-0.39, 0.29) is 19.0 Å². The van der Waals surface area contributed by atoms with Crippen molar-refractivity contribution in [3.63, 3.8) is 0 Å². The van der Waals surface area contributed by atoms with Crippen LogP contribution in [0.5, 0.6) is 0 Å². The van der Waals surface area contributed by atoms with Gasteiger partial charge in [-0.2, -0.15) is 5.10 Å². The molecule has 104 valence electrons. The molecule has 1 saturated heterocycles. The first-order valence-corrected chi connectivity index (χ1v) is 5.95. The Kier molecular flexibility index (Phi) is 3.70. The van der Waals surface area contributed by atoms with Gasteiger partial charge in [-0.15, -0.1) is 0 Å². The van der Waals surface area contributed by atoms with Gasteiger partial charge in [-0.3, -0.25) is 5.10 Å². The summed E-state index contributed by atoms with van der Waals surface area (Å²) in [5, 5.41) is 27.6. The first-order chi connectivity index (χ1) is 8.99. The van der Waals surface area contributed by atoms with E-state index in [0.29, 0.717) is 0 Å². The van der Waals surface area contributed by atoms with Gasteiger partial charge in [-0.1, -0.05) is 0 Å². The number of carboxylic acid groups (broad SMARTS) is 1. The van der Waals surface area contributed by atoms with E-state index >= 15 is 0 Å². The number of aromatic amines is 1. The molecule has 1 aliphatic heterocycles. The van der Waals surface area contributed by atoms with Gasteiger partial charge >= 0.3 is 12.0 Å². The highest BCUT2D eigenvalue weighted by Gasteiger charge is 2.39. The van der Waals surface area contributed by atoms with Crippen molar-refractivity contribution in [1.82, 2.24) is 20.4 Å². The minimum atomic E-state index is -1.11. The van der Waals surface area contributed by atoms with Crippen LogP contribution in [0.2, 0.25) is 0 Å². The molecule has 0 aromatic carbocycles. The van der Waals surface area contributed by atoms with Crippen LogP contribution in [0.1, 0.15) is 24.9 Å². The summed E-state index contributed by atoms with van der Waals surface area (Å²) in [4.78, 5) is 24.2. The van der Waals surface area contributed by atoms with Gasteiger partial charge < -0.3 is 20.4 Å². The molecule has 1 aliphatic rings. The predicted molar refractivity (Wildman–Crippen MR) is 64.3 cm³/mol. The molecule has 2 rings (SSSR count). The van der Waals surface area contributed by atoms with E-state index in [0.717, 1.165) is 10.5 Å². The van der Waals surface area contributed by atoms with Crippen molar-refractivity contribution in [2.24, 2.45) is 0 Å². The van der Waals surface area contributed by atoms with Crippen LogP contribution in [0.15, 0.2) is 12.4 Å². The number of aliphatic carboxylic acids is 1. The molecule has 1 unspecified atom stereocenters. The molecule has 4 N–H and O–H groups in total. The number of carboxylic acids is 1. The largest absolute Gasteiger partial charge is 0.480 e. The monoisotopic (exact) mass is 268 g/mol. The number of H-pyrrole nitrogens is 1. The lowest BCUT2D eigenvalue weighted by atomic mass is 10.2. The number of nitrogens with one attached hydrogen (secondary N) is 2. The van der Waals surface area contributed by atoms with Crippen molar-refractivity contribution in [2.45, 2.75) is 31.5 Å². The maximum atomic E-state index is 12.0. The van der Waals surface area contributed by atoms with Crippen LogP contribution in [0.3, 0.4) is 0 Å². The summed E-state index contributed by atoms with van der Waals surface area (Å²) >= 11 is 0. The number of rotatable bonds is 3. The van der Waals surface area contributed by atoms with Crippen molar-refractivity contribution in [2.75, 3.05) is 6.54 Å². The number of likely N-dealkylation sites (tertiary alicyclic amines) is 1. The number of hydrogen-bond donors (Lipinski definition) is 4. The third-order valence-corrected chi connectivity index (χ3v) is 3.18. The molecule has 0 aliphatic carbocycles. The summed E-state index contributed by atoms with van der Waals surface area (Å²) in [6.07, 6.45) is 2.50. The first-order valence-electron chi connectivity index (χ1n) is 5.95. The maximum absolute atomic E-state index is 12.0. The zero-order chi connectivity index (χ0) is 14.0. The normalized spacial score (nSPS) is 24.2. The van der Waals surface area contributed by atoms with Gasteiger partial charge in [0.2, 0.25) is 0 Å². The Morgan fingerprint density at radius 2 is 2.37 bits per heavy atom. The number of amides is 2. The van der Waals surface area contributed by atoms with Gasteiger partial charge in [0.25, 0.3) is 0 Å². The molecule has 8 heteroatoms. The number of aliphatic hydroxyl groups is 1. The molecule has 0 spiro atoms.